The molecule has 0 aromatic rings. The summed E-state index contributed by atoms with van der Waals surface area (Å²) >= 11 is 3.38. The van der Waals surface area contributed by atoms with Gasteiger partial charge in [-0.3, -0.25) is 4.79 Å². The van der Waals surface area contributed by atoms with Gasteiger partial charge in [0.25, 0.3) is 0 Å². The van der Waals surface area contributed by atoms with Gasteiger partial charge in [0, 0.05) is 17.7 Å². The number of Topliss-reactive ketones (excluding diaryl/α,β-unsaturated/α-hetero) is 1. The second kappa shape index (κ2) is 10.6. The predicted molar refractivity (Wildman–Crippen MR) is 68.1 cm³/mol. The van der Waals surface area contributed by atoms with Crippen molar-refractivity contribution in [3.05, 3.63) is 0 Å². The van der Waals surface area contributed by atoms with Crippen molar-refractivity contribution in [2.75, 3.05) is 18.4 Å². The van der Waals surface area contributed by atoms with Gasteiger partial charge in [-0.2, -0.15) is 0 Å². The van der Waals surface area contributed by atoms with Gasteiger partial charge in [-0.25, -0.2) is 0 Å². The fraction of sp³-hybridized carbons (Fsp3) is 0.909. The SMILES string of the molecule is NCCC(CCN)C(=O)CCCCCBr. The molecule has 0 saturated carbocycles. The van der Waals surface area contributed by atoms with Crippen molar-refractivity contribution < 1.29 is 4.79 Å². The number of nitrogens with two attached hydrogens (primary N) is 2. The largest absolute Gasteiger partial charge is 0.330 e. The van der Waals surface area contributed by atoms with Gasteiger partial charge >= 0.3 is 0 Å². The number of halogens is 1. The van der Waals surface area contributed by atoms with Crippen LogP contribution < -0.4 is 11.5 Å². The van der Waals surface area contributed by atoms with Crippen molar-refractivity contribution in [2.24, 2.45) is 17.4 Å². The summed E-state index contributed by atoms with van der Waals surface area (Å²) < 4.78 is 0. The van der Waals surface area contributed by atoms with E-state index in [0.29, 0.717) is 25.3 Å². The summed E-state index contributed by atoms with van der Waals surface area (Å²) in [7, 11) is 0. The topological polar surface area (TPSA) is 69.1 Å². The Hall–Kier alpha value is 0.0700. The van der Waals surface area contributed by atoms with Crippen molar-refractivity contribution in [3.8, 4) is 0 Å². The maximum absolute atomic E-state index is 11.8. The summed E-state index contributed by atoms with van der Waals surface area (Å²) in [6, 6.07) is 0. The van der Waals surface area contributed by atoms with Crippen molar-refractivity contribution >= 4 is 21.7 Å². The summed E-state index contributed by atoms with van der Waals surface area (Å²) in [5.74, 6) is 0.449. The molecule has 0 radical (unpaired) electrons. The Balaban J connectivity index is 3.70. The van der Waals surface area contributed by atoms with Crippen molar-refractivity contribution in [1.29, 1.82) is 0 Å². The third kappa shape index (κ3) is 7.94. The first kappa shape index (κ1) is 15.1. The van der Waals surface area contributed by atoms with Crippen LogP contribution in [-0.4, -0.2) is 24.2 Å². The van der Waals surface area contributed by atoms with E-state index in [2.05, 4.69) is 15.9 Å². The Kier molecular flexibility index (Phi) is 10.6. The molecule has 3 nitrogen and oxygen atoms in total. The molecule has 0 heterocycles. The average Bonchev–Trinajstić information content (AvgIpc) is 2.24. The van der Waals surface area contributed by atoms with Crippen LogP contribution in [0.3, 0.4) is 0 Å². The van der Waals surface area contributed by atoms with E-state index in [4.69, 9.17) is 11.5 Å². The van der Waals surface area contributed by atoms with E-state index in [9.17, 15) is 4.79 Å². The summed E-state index contributed by atoms with van der Waals surface area (Å²) in [5.41, 5.74) is 10.9. The monoisotopic (exact) mass is 278 g/mol. The van der Waals surface area contributed by atoms with E-state index in [0.717, 1.165) is 37.4 Å². The first-order chi connectivity index (χ1) is 7.26. The minimum absolute atomic E-state index is 0.101. The van der Waals surface area contributed by atoms with Crippen LogP contribution in [0.2, 0.25) is 0 Å². The van der Waals surface area contributed by atoms with Gasteiger partial charge in [-0.1, -0.05) is 22.4 Å². The molecule has 90 valence electrons. The van der Waals surface area contributed by atoms with E-state index in [1.165, 1.54) is 0 Å². The summed E-state index contributed by atoms with van der Waals surface area (Å²) in [4.78, 5) is 11.8. The third-order valence-electron chi connectivity index (χ3n) is 2.54. The highest BCUT2D eigenvalue weighted by atomic mass is 79.9. The highest BCUT2D eigenvalue weighted by Crippen LogP contribution is 2.13. The van der Waals surface area contributed by atoms with Crippen molar-refractivity contribution in [3.63, 3.8) is 0 Å². The van der Waals surface area contributed by atoms with Gasteiger partial charge in [0.15, 0.2) is 0 Å². The van der Waals surface area contributed by atoms with Crippen LogP contribution in [-0.2, 0) is 4.79 Å². The molecule has 0 unspecified atom stereocenters. The fourth-order valence-electron chi connectivity index (χ4n) is 1.64. The van der Waals surface area contributed by atoms with Crippen molar-refractivity contribution in [1.82, 2.24) is 0 Å². The van der Waals surface area contributed by atoms with Crippen LogP contribution in [0.15, 0.2) is 0 Å². The highest BCUT2D eigenvalue weighted by Gasteiger charge is 2.15. The maximum Gasteiger partial charge on any atom is 0.136 e. The molecule has 0 saturated heterocycles. The van der Waals surface area contributed by atoms with Crippen molar-refractivity contribution in [2.45, 2.75) is 38.5 Å². The number of alkyl halides is 1. The number of carbonyl (C=O) groups is 1. The van der Waals surface area contributed by atoms with Gasteiger partial charge < -0.3 is 11.5 Å². The summed E-state index contributed by atoms with van der Waals surface area (Å²) in [5, 5.41) is 1.02. The number of unbranched alkanes of at least 4 members (excludes halogenated alkanes) is 2. The van der Waals surface area contributed by atoms with E-state index in [1.807, 2.05) is 0 Å². The highest BCUT2D eigenvalue weighted by molar-refractivity contribution is 9.09. The molecule has 0 spiro atoms. The minimum atomic E-state index is 0.101. The number of hydrogen-bond donors (Lipinski definition) is 2. The van der Waals surface area contributed by atoms with Gasteiger partial charge in [0.05, 0.1) is 0 Å². The Morgan fingerprint density at radius 1 is 1.07 bits per heavy atom. The molecule has 0 atom stereocenters. The van der Waals surface area contributed by atoms with Crippen LogP contribution in [0.5, 0.6) is 0 Å². The first-order valence-corrected chi connectivity index (χ1v) is 6.87. The van der Waals surface area contributed by atoms with Gasteiger partial charge in [-0.05, 0) is 38.8 Å². The molecule has 15 heavy (non-hydrogen) atoms. The number of carbonyl (C=O) groups excluding carboxylic acids is 1. The molecule has 4 heteroatoms. The molecule has 0 aromatic carbocycles. The number of hydrogen-bond acceptors (Lipinski definition) is 3. The second-order valence-corrected chi connectivity index (χ2v) is 4.61. The van der Waals surface area contributed by atoms with Crippen LogP contribution in [0.25, 0.3) is 0 Å². The first-order valence-electron chi connectivity index (χ1n) is 5.75. The quantitative estimate of drug-likeness (QED) is 0.473. The third-order valence-corrected chi connectivity index (χ3v) is 3.10. The molecule has 4 N–H and O–H groups in total. The Labute approximate surface area is 101 Å². The lowest BCUT2D eigenvalue weighted by molar-refractivity contribution is -0.123. The molecule has 0 aliphatic rings. The van der Waals surface area contributed by atoms with E-state index >= 15 is 0 Å². The molecule has 0 fully saturated rings. The van der Waals surface area contributed by atoms with Crippen LogP contribution in [0.1, 0.15) is 38.5 Å². The molecule has 0 aliphatic heterocycles. The smallest absolute Gasteiger partial charge is 0.136 e. The van der Waals surface area contributed by atoms with Gasteiger partial charge in [0.1, 0.15) is 5.78 Å². The lowest BCUT2D eigenvalue weighted by atomic mass is 9.93. The van der Waals surface area contributed by atoms with E-state index in [-0.39, 0.29) is 5.92 Å². The second-order valence-electron chi connectivity index (χ2n) is 3.82. The zero-order valence-electron chi connectivity index (χ0n) is 9.38. The molecule has 0 aliphatic carbocycles. The minimum Gasteiger partial charge on any atom is -0.330 e. The predicted octanol–water partition coefficient (Wildman–Crippen LogP) is 1.82. The standard InChI is InChI=1S/C11H23BrN2O/c12-7-3-1-2-4-11(15)10(5-8-13)6-9-14/h10H,1-9,13-14H2. The molecule has 0 aromatic heterocycles. The average molecular weight is 279 g/mol. The normalized spacial score (nSPS) is 10.9. The summed E-state index contributed by atoms with van der Waals surface area (Å²) in [6.45, 7) is 1.16. The summed E-state index contributed by atoms with van der Waals surface area (Å²) in [6.07, 6.45) is 5.53. The zero-order chi connectivity index (χ0) is 11.5. The van der Waals surface area contributed by atoms with E-state index < -0.39 is 0 Å². The molecule has 0 bridgehead atoms. The van der Waals surface area contributed by atoms with E-state index in [1.54, 1.807) is 0 Å². The zero-order valence-corrected chi connectivity index (χ0v) is 11.0. The Morgan fingerprint density at radius 3 is 2.13 bits per heavy atom. The van der Waals surface area contributed by atoms with Crippen LogP contribution in [0, 0.1) is 5.92 Å². The lowest BCUT2D eigenvalue weighted by Gasteiger charge is -2.13. The Morgan fingerprint density at radius 2 is 1.67 bits per heavy atom. The molecule has 0 rings (SSSR count). The maximum atomic E-state index is 11.8. The van der Waals surface area contributed by atoms with Crippen LogP contribution in [0.4, 0.5) is 0 Å². The fourth-order valence-corrected chi connectivity index (χ4v) is 2.04. The van der Waals surface area contributed by atoms with Gasteiger partial charge in [0.2, 0.25) is 0 Å². The Bertz CT molecular complexity index is 159. The lowest BCUT2D eigenvalue weighted by Crippen LogP contribution is -2.21. The molecule has 0 amide bonds. The number of ketones is 1. The van der Waals surface area contributed by atoms with Gasteiger partial charge in [-0.15, -0.1) is 0 Å². The number of rotatable bonds is 10. The van der Waals surface area contributed by atoms with Crippen LogP contribution >= 0.6 is 15.9 Å². The molecular formula is C11H23BrN2O. The molecular weight excluding hydrogens is 256 g/mol.